The standard InChI is InChI=1S/C44H55ClN6O5S2/c1-44(2)22-20-40(32-10-14-35(45)15-11-32)34(29-44)30-49-24-26-50(27-25-49)37-16-12-33(13-17-37)43(52)47-58(55,56)39-18-19-41(42(28-39)51(53)54)46-36(21-23-48(3)4)31-57-38-8-6-5-7-9-38/h5-12,14-19,28,33,36,46H,13,20-27,29-31H2,1-4H3,(H,47,52)/t33?,36-/m1/s1. The van der Waals surface area contributed by atoms with E-state index in [0.29, 0.717) is 18.6 Å². The van der Waals surface area contributed by atoms with E-state index in [1.165, 1.54) is 28.8 Å². The monoisotopic (exact) mass is 846 g/mol. The van der Waals surface area contributed by atoms with Crippen LogP contribution in [0.5, 0.6) is 0 Å². The van der Waals surface area contributed by atoms with Crippen LogP contribution < -0.4 is 10.0 Å². The molecule has 3 aliphatic rings. The van der Waals surface area contributed by atoms with Crippen LogP contribution in [0.1, 0.15) is 51.5 Å². The number of benzene rings is 3. The second-order valence-electron chi connectivity index (χ2n) is 16.5. The predicted molar refractivity (Wildman–Crippen MR) is 236 cm³/mol. The number of halogens is 1. The fourth-order valence-corrected chi connectivity index (χ4v) is 9.97. The fourth-order valence-electron chi connectivity index (χ4n) is 7.80. The summed E-state index contributed by atoms with van der Waals surface area (Å²) in [4.78, 5) is 32.5. The molecule has 1 unspecified atom stereocenters. The highest BCUT2D eigenvalue weighted by molar-refractivity contribution is 7.99. The lowest BCUT2D eigenvalue weighted by atomic mass is 9.73. The van der Waals surface area contributed by atoms with Crippen LogP contribution in [0.4, 0.5) is 11.4 Å². The average molecular weight is 848 g/mol. The van der Waals surface area contributed by atoms with Crippen molar-refractivity contribution < 1.29 is 18.1 Å². The molecule has 1 heterocycles. The summed E-state index contributed by atoms with van der Waals surface area (Å²) in [5, 5.41) is 16.2. The van der Waals surface area contributed by atoms with Crippen molar-refractivity contribution in [1.82, 2.24) is 19.4 Å². The first-order valence-electron chi connectivity index (χ1n) is 19.9. The molecule has 2 N–H and O–H groups in total. The summed E-state index contributed by atoms with van der Waals surface area (Å²) in [6.07, 6.45) is 9.99. The smallest absolute Gasteiger partial charge is 0.293 e. The minimum absolute atomic E-state index is 0.130. The van der Waals surface area contributed by atoms with Crippen LogP contribution >= 0.6 is 23.4 Å². The molecule has 1 aliphatic heterocycles. The van der Waals surface area contributed by atoms with Gasteiger partial charge in [0.2, 0.25) is 5.91 Å². The molecule has 0 aromatic heterocycles. The summed E-state index contributed by atoms with van der Waals surface area (Å²) < 4.78 is 29.0. The minimum atomic E-state index is -4.38. The predicted octanol–water partition coefficient (Wildman–Crippen LogP) is 8.32. The van der Waals surface area contributed by atoms with Gasteiger partial charge in [0, 0.05) is 66.2 Å². The largest absolute Gasteiger partial charge is 0.376 e. The lowest BCUT2D eigenvalue weighted by Gasteiger charge is -2.40. The van der Waals surface area contributed by atoms with E-state index in [0.717, 1.165) is 80.2 Å². The Labute approximate surface area is 352 Å². The molecule has 0 saturated carbocycles. The van der Waals surface area contributed by atoms with Gasteiger partial charge in [-0.3, -0.25) is 19.8 Å². The first kappa shape index (κ1) is 43.4. The van der Waals surface area contributed by atoms with Crippen LogP contribution in [0.15, 0.2) is 112 Å². The molecule has 2 atom stereocenters. The number of hydrogen-bond donors (Lipinski definition) is 2. The van der Waals surface area contributed by atoms with Crippen LogP contribution in [0.3, 0.4) is 0 Å². The Morgan fingerprint density at radius 1 is 1.05 bits per heavy atom. The van der Waals surface area contributed by atoms with E-state index in [1.54, 1.807) is 17.8 Å². The number of carbonyl (C=O) groups excluding carboxylic acids is 1. The van der Waals surface area contributed by atoms with Gasteiger partial charge in [-0.25, -0.2) is 13.1 Å². The van der Waals surface area contributed by atoms with Gasteiger partial charge in [0.05, 0.1) is 15.7 Å². The van der Waals surface area contributed by atoms with E-state index in [4.69, 9.17) is 11.6 Å². The number of nitrogens with one attached hydrogen (secondary N) is 2. The zero-order valence-electron chi connectivity index (χ0n) is 33.8. The van der Waals surface area contributed by atoms with Crippen LogP contribution in [-0.2, 0) is 14.8 Å². The lowest BCUT2D eigenvalue weighted by Crippen LogP contribution is -2.46. The molecule has 1 saturated heterocycles. The number of thioether (sulfide) groups is 1. The van der Waals surface area contributed by atoms with E-state index in [9.17, 15) is 23.3 Å². The molecule has 1 fully saturated rings. The highest BCUT2D eigenvalue weighted by Crippen LogP contribution is 2.43. The third-order valence-electron chi connectivity index (χ3n) is 11.1. The summed E-state index contributed by atoms with van der Waals surface area (Å²) in [5.74, 6) is -0.720. The van der Waals surface area contributed by atoms with E-state index < -0.39 is 26.8 Å². The number of sulfonamides is 1. The number of amides is 1. The summed E-state index contributed by atoms with van der Waals surface area (Å²) >= 11 is 7.84. The Hall–Kier alpha value is -4.14. The Bertz CT molecular complexity index is 2130. The van der Waals surface area contributed by atoms with Crippen molar-refractivity contribution >= 4 is 56.2 Å². The Kier molecular flexibility index (Phi) is 14.4. The Balaban J connectivity index is 1.04. The molecule has 0 spiro atoms. The molecular weight excluding hydrogens is 792 g/mol. The van der Waals surface area contributed by atoms with Crippen molar-refractivity contribution in [1.29, 1.82) is 0 Å². The van der Waals surface area contributed by atoms with Gasteiger partial charge in [-0.1, -0.05) is 73.5 Å². The first-order chi connectivity index (χ1) is 27.7. The van der Waals surface area contributed by atoms with Gasteiger partial charge >= 0.3 is 0 Å². The van der Waals surface area contributed by atoms with E-state index >= 15 is 0 Å². The van der Waals surface area contributed by atoms with Gasteiger partial charge in [-0.2, -0.15) is 0 Å². The Morgan fingerprint density at radius 2 is 1.78 bits per heavy atom. The summed E-state index contributed by atoms with van der Waals surface area (Å²) in [5.41, 5.74) is 5.36. The van der Waals surface area contributed by atoms with Crippen LogP contribution in [0.2, 0.25) is 5.02 Å². The molecule has 1 amide bonds. The first-order valence-corrected chi connectivity index (χ1v) is 22.8. The van der Waals surface area contributed by atoms with Gasteiger partial charge in [0.15, 0.2) is 0 Å². The van der Waals surface area contributed by atoms with Gasteiger partial charge < -0.3 is 15.1 Å². The Morgan fingerprint density at radius 3 is 2.43 bits per heavy atom. The molecule has 6 rings (SSSR count). The van der Waals surface area contributed by atoms with Crippen LogP contribution in [-0.4, -0.2) is 99.1 Å². The molecule has 0 radical (unpaired) electrons. The zero-order chi connectivity index (χ0) is 41.5. The SMILES string of the molecule is CN(C)CC[C@H](CSc1ccccc1)Nc1ccc(S(=O)(=O)NC(=O)C2C=CC(N3CCN(CC4=C(c5ccc(Cl)cc5)CCC(C)(C)C4)CC3)=CC2)cc1[N+](=O)[O-]. The topological polar surface area (TPSA) is 128 Å². The molecule has 2 aliphatic carbocycles. The second-order valence-corrected chi connectivity index (χ2v) is 19.7. The number of nitro groups is 1. The number of piperazine rings is 1. The van der Waals surface area contributed by atoms with Crippen molar-refractivity contribution in [3.8, 4) is 0 Å². The van der Waals surface area contributed by atoms with Crippen molar-refractivity contribution in [2.24, 2.45) is 11.3 Å². The van der Waals surface area contributed by atoms with Crippen molar-refractivity contribution in [2.75, 3.05) is 64.4 Å². The van der Waals surface area contributed by atoms with Gasteiger partial charge in [0.25, 0.3) is 15.7 Å². The number of hydrogen-bond acceptors (Lipinski definition) is 10. The molecule has 3 aromatic rings. The van der Waals surface area contributed by atoms with E-state index in [-0.39, 0.29) is 27.7 Å². The van der Waals surface area contributed by atoms with E-state index in [1.807, 2.05) is 73.6 Å². The zero-order valence-corrected chi connectivity index (χ0v) is 36.2. The molecule has 0 bridgehead atoms. The summed E-state index contributed by atoms with van der Waals surface area (Å²) in [6, 6.07) is 21.7. The summed E-state index contributed by atoms with van der Waals surface area (Å²) in [7, 11) is -0.452. The number of nitro benzene ring substituents is 1. The van der Waals surface area contributed by atoms with Crippen LogP contribution in [0.25, 0.3) is 5.57 Å². The fraction of sp³-hybridized carbons (Fsp3) is 0.432. The molecule has 3 aromatic carbocycles. The molecule has 58 heavy (non-hydrogen) atoms. The highest BCUT2D eigenvalue weighted by atomic mass is 35.5. The molecular formula is C44H55ClN6O5S2. The molecule has 14 heteroatoms. The molecule has 11 nitrogen and oxygen atoms in total. The van der Waals surface area contributed by atoms with Crippen LogP contribution in [0, 0.1) is 21.4 Å². The number of carbonyl (C=O) groups is 1. The lowest BCUT2D eigenvalue weighted by molar-refractivity contribution is -0.384. The van der Waals surface area contributed by atoms with Gasteiger partial charge in [-0.05, 0) is 112 Å². The number of anilines is 1. The third kappa shape index (κ3) is 11.7. The van der Waals surface area contributed by atoms with Crippen molar-refractivity contribution in [3.05, 3.63) is 123 Å². The maximum Gasteiger partial charge on any atom is 0.293 e. The summed E-state index contributed by atoms with van der Waals surface area (Å²) in [6.45, 7) is 9.92. The maximum absolute atomic E-state index is 13.4. The number of rotatable bonds is 16. The van der Waals surface area contributed by atoms with Crippen molar-refractivity contribution in [3.63, 3.8) is 0 Å². The normalized spacial score (nSPS) is 19.2. The quantitative estimate of drug-likeness (QED) is 0.0826. The van der Waals surface area contributed by atoms with Crippen molar-refractivity contribution in [2.45, 2.75) is 61.8 Å². The second kappa shape index (κ2) is 19.3. The molecule has 310 valence electrons. The minimum Gasteiger partial charge on any atom is -0.376 e. The number of nitrogens with zero attached hydrogens (tertiary/aromatic N) is 4. The van der Waals surface area contributed by atoms with Gasteiger partial charge in [0.1, 0.15) is 5.69 Å². The maximum atomic E-state index is 13.4. The van der Waals surface area contributed by atoms with E-state index in [2.05, 4.69) is 45.8 Å². The number of allylic oxidation sites excluding steroid dienone is 3. The average Bonchev–Trinajstić information content (AvgIpc) is 3.19. The highest BCUT2D eigenvalue weighted by Gasteiger charge is 2.31. The van der Waals surface area contributed by atoms with Gasteiger partial charge in [-0.15, -0.1) is 11.8 Å². The third-order valence-corrected chi connectivity index (χ3v) is 13.9.